The number of aldehydes is 1. The lowest BCUT2D eigenvalue weighted by atomic mass is 9.33. The van der Waals surface area contributed by atoms with Gasteiger partial charge in [-0.1, -0.05) is 59.6 Å². The monoisotopic (exact) mass is 1040 g/mol. The highest BCUT2D eigenvalue weighted by Crippen LogP contribution is 2.76. The van der Waals surface area contributed by atoms with Crippen molar-refractivity contribution in [1.29, 1.82) is 0 Å². The number of hydrogen-bond donors (Lipinski definition) is 10. The average molecular weight is 1040 g/mol. The number of fused-ring (bicyclic) bond motifs is 7. The molecule has 4 saturated carbocycles. The van der Waals surface area contributed by atoms with E-state index >= 15 is 4.79 Å². The molecule has 8 aliphatic rings. The van der Waals surface area contributed by atoms with E-state index in [9.17, 15) is 50.4 Å². The third kappa shape index (κ3) is 9.92. The van der Waals surface area contributed by atoms with Crippen LogP contribution in [-0.2, 0) is 42.8 Å². The van der Waals surface area contributed by atoms with E-state index in [0.717, 1.165) is 38.4 Å². The lowest BCUT2D eigenvalue weighted by molar-refractivity contribution is -0.369. The Kier molecular flexibility index (Phi) is 16.8. The Balaban J connectivity index is 1.08. The number of hydrogen-bond acceptors (Lipinski definition) is 18. The van der Waals surface area contributed by atoms with E-state index in [1.807, 2.05) is 0 Å². The van der Waals surface area contributed by atoms with Gasteiger partial charge in [-0.15, -0.1) is 0 Å². The molecule has 0 aromatic rings. The van der Waals surface area contributed by atoms with Gasteiger partial charge in [0.15, 0.2) is 18.7 Å². The van der Waals surface area contributed by atoms with E-state index in [2.05, 4.69) is 52.9 Å². The number of allylic oxidation sites excluding steroid dienone is 2. The van der Waals surface area contributed by atoms with Crippen molar-refractivity contribution in [2.75, 3.05) is 19.8 Å². The fourth-order valence-electron chi connectivity index (χ4n) is 16.0. The predicted octanol–water partition coefficient (Wildman–Crippen LogP) is 2.02. The van der Waals surface area contributed by atoms with E-state index in [-0.39, 0.29) is 52.4 Å². The molecule has 7 fully saturated rings. The number of carbonyl (C=O) groups is 3. The van der Waals surface area contributed by atoms with Crippen LogP contribution < -0.4 is 11.1 Å². The molecule has 19 nitrogen and oxygen atoms in total. The van der Waals surface area contributed by atoms with Crippen LogP contribution in [0.2, 0.25) is 0 Å². The number of rotatable bonds is 15. The topological polar surface area (TPSA) is 306 Å². The molecule has 8 rings (SSSR count). The second kappa shape index (κ2) is 21.6. The number of aliphatic hydroxyl groups excluding tert-OH is 8. The summed E-state index contributed by atoms with van der Waals surface area (Å²) in [5.41, 5.74) is 4.69. The van der Waals surface area contributed by atoms with Crippen molar-refractivity contribution in [2.24, 2.45) is 56.0 Å². The number of nitrogens with one attached hydrogen (secondary N) is 1. The summed E-state index contributed by atoms with van der Waals surface area (Å²) in [5.74, 6) is -0.764. The van der Waals surface area contributed by atoms with Crippen LogP contribution in [0, 0.1) is 50.2 Å². The van der Waals surface area contributed by atoms with Crippen molar-refractivity contribution in [3.8, 4) is 0 Å². The second-order valence-electron chi connectivity index (χ2n) is 25.3. The fourth-order valence-corrected chi connectivity index (χ4v) is 16.0. The Morgan fingerprint density at radius 1 is 0.795 bits per heavy atom. The third-order valence-corrected chi connectivity index (χ3v) is 20.7. The zero-order valence-electron chi connectivity index (χ0n) is 44.1. The van der Waals surface area contributed by atoms with E-state index in [0.29, 0.717) is 64.3 Å². The number of esters is 1. The highest BCUT2D eigenvalue weighted by Gasteiger charge is 2.70. The van der Waals surface area contributed by atoms with Crippen LogP contribution in [0.15, 0.2) is 11.6 Å². The highest BCUT2D eigenvalue weighted by atomic mass is 16.8. The number of amides is 1. The van der Waals surface area contributed by atoms with Gasteiger partial charge >= 0.3 is 5.97 Å². The zero-order chi connectivity index (χ0) is 53.2. The minimum atomic E-state index is -1.88. The minimum absolute atomic E-state index is 0.0908. The van der Waals surface area contributed by atoms with Crippen molar-refractivity contribution >= 4 is 18.2 Å². The Labute approximate surface area is 430 Å². The van der Waals surface area contributed by atoms with Gasteiger partial charge in [-0.25, -0.2) is 0 Å². The summed E-state index contributed by atoms with van der Waals surface area (Å²) in [7, 11) is 0. The lowest BCUT2D eigenvalue weighted by Gasteiger charge is -2.71. The molecule has 0 aromatic heterocycles. The van der Waals surface area contributed by atoms with Crippen LogP contribution in [0.5, 0.6) is 0 Å². The van der Waals surface area contributed by atoms with Crippen LogP contribution in [0.3, 0.4) is 0 Å². The van der Waals surface area contributed by atoms with Crippen molar-refractivity contribution < 1.29 is 83.7 Å². The van der Waals surface area contributed by atoms with Gasteiger partial charge in [0.25, 0.3) is 0 Å². The van der Waals surface area contributed by atoms with Gasteiger partial charge in [-0.05, 0) is 130 Å². The van der Waals surface area contributed by atoms with Crippen LogP contribution >= 0.6 is 0 Å². The molecule has 23 atom stereocenters. The Morgan fingerprint density at radius 3 is 2.19 bits per heavy atom. The van der Waals surface area contributed by atoms with Gasteiger partial charge in [0.1, 0.15) is 55.1 Å². The first-order valence-corrected chi connectivity index (χ1v) is 27.3. The van der Waals surface area contributed by atoms with Crippen molar-refractivity contribution in [3.63, 3.8) is 0 Å². The van der Waals surface area contributed by atoms with Gasteiger partial charge in [-0.3, -0.25) is 9.59 Å². The van der Waals surface area contributed by atoms with Crippen LogP contribution in [-0.4, -0.2) is 171 Å². The van der Waals surface area contributed by atoms with E-state index in [4.69, 9.17) is 34.2 Å². The van der Waals surface area contributed by atoms with Gasteiger partial charge in [0.05, 0.1) is 36.9 Å². The maximum atomic E-state index is 15.6. The molecular weight excluding hydrogens is 949 g/mol. The molecule has 12 unspecified atom stereocenters. The predicted molar refractivity (Wildman–Crippen MR) is 261 cm³/mol. The summed E-state index contributed by atoms with van der Waals surface area (Å²) in [6.45, 7) is 14.7. The van der Waals surface area contributed by atoms with E-state index < -0.39 is 121 Å². The SMILES string of the molecule is CC1OC(OC2C(O)[C@@H](NC(=O)CCCCCN)C(CO)O[C@H]2OC(=O)[C@]23CCC(C)(C)CC2C2=CCC4C5(C)CC[C@H](O)[C@](C)(CC=O)[C@@H]5CC[C@@]4(C)[C@]2(C)CC3)C(O)C(O)[C@H]1O[C@@H]1OC[C@@H](O)C(O)C1O. The first-order chi connectivity index (χ1) is 34.4. The highest BCUT2D eigenvalue weighted by molar-refractivity contribution is 5.79. The Hall–Kier alpha value is -2.21. The van der Waals surface area contributed by atoms with Gasteiger partial charge < -0.3 is 85.1 Å². The molecule has 0 bridgehead atoms. The summed E-state index contributed by atoms with van der Waals surface area (Å²) < 4.78 is 36.5. The van der Waals surface area contributed by atoms with Gasteiger partial charge in [-0.2, -0.15) is 0 Å². The number of carbonyl (C=O) groups excluding carboxylic acids is 3. The zero-order valence-corrected chi connectivity index (χ0v) is 44.1. The third-order valence-electron chi connectivity index (χ3n) is 20.7. The number of aliphatic hydroxyl groups is 8. The Morgan fingerprint density at radius 2 is 1.49 bits per heavy atom. The average Bonchev–Trinajstić information content (AvgIpc) is 3.34. The molecule has 19 heteroatoms. The molecule has 0 radical (unpaired) electrons. The smallest absolute Gasteiger partial charge is 0.315 e. The molecule has 0 aromatic carbocycles. The standard InChI is InChI=1S/C54H88N2O17/c1-28-43(71-45-41(65)38(62)31(59)27-68-45)40(64)42(66)46(69-28)72-44-39(63)37(56-36(61)11-9-8-10-23-55)32(26-58)70-47(44)73-48(67)54-20-18-49(2,3)25-30(54)29-12-13-34-50(4)16-15-35(60)51(5,22-24-57)33(50)14-17-53(34,7)52(29,6)19-21-54/h12,24,28,30-35,37-47,58-60,62-66H,8-11,13-23,25-27,55H2,1-7H3,(H,56,61)/t28?,30?,31-,32?,33-,34?,35+,37+,38?,39?,40?,41?,42?,43+,44?,45+,46?,47+,50?,51-,52-,53-,54+/m1/s1. The quantitative estimate of drug-likeness (QED) is 0.0486. The molecular formula is C54H88N2O17. The van der Waals surface area contributed by atoms with Crippen molar-refractivity contribution in [1.82, 2.24) is 5.32 Å². The first kappa shape index (κ1) is 57.0. The second-order valence-corrected chi connectivity index (χ2v) is 25.3. The van der Waals surface area contributed by atoms with Gasteiger partial charge in [0.2, 0.25) is 12.2 Å². The number of unbranched alkanes of at least 4 members (excludes halogenated alkanes) is 2. The summed E-state index contributed by atoms with van der Waals surface area (Å²) in [6, 6.07) is -1.28. The van der Waals surface area contributed by atoms with Crippen LogP contribution in [0.1, 0.15) is 145 Å². The first-order valence-electron chi connectivity index (χ1n) is 27.3. The Bertz CT molecular complexity index is 2010. The molecule has 0 spiro atoms. The minimum Gasteiger partial charge on any atom is -0.432 e. The summed E-state index contributed by atoms with van der Waals surface area (Å²) in [4.78, 5) is 41.0. The fraction of sp³-hybridized carbons (Fsp3) is 0.907. The molecule has 73 heavy (non-hydrogen) atoms. The van der Waals surface area contributed by atoms with E-state index in [1.54, 1.807) is 0 Å². The molecule has 3 aliphatic heterocycles. The van der Waals surface area contributed by atoms with Gasteiger partial charge in [0, 0.05) is 18.3 Å². The largest absolute Gasteiger partial charge is 0.432 e. The molecule has 3 saturated heterocycles. The van der Waals surface area contributed by atoms with E-state index in [1.165, 1.54) is 12.5 Å². The normalized spacial score (nSPS) is 49.5. The van der Waals surface area contributed by atoms with Crippen molar-refractivity contribution in [3.05, 3.63) is 11.6 Å². The van der Waals surface area contributed by atoms with Crippen LogP contribution in [0.25, 0.3) is 0 Å². The molecule has 5 aliphatic carbocycles. The maximum absolute atomic E-state index is 15.6. The number of ether oxygens (including phenoxy) is 6. The molecule has 416 valence electrons. The van der Waals surface area contributed by atoms with Crippen LogP contribution in [0.4, 0.5) is 0 Å². The van der Waals surface area contributed by atoms with Crippen molar-refractivity contribution in [2.45, 2.75) is 237 Å². The molecule has 3 heterocycles. The summed E-state index contributed by atoms with van der Waals surface area (Å²) >= 11 is 0. The lowest BCUT2D eigenvalue weighted by Crippen LogP contribution is -2.68. The maximum Gasteiger partial charge on any atom is 0.315 e. The number of nitrogens with two attached hydrogens (primary N) is 1. The summed E-state index contributed by atoms with van der Waals surface area (Å²) in [6.07, 6.45) is -7.89. The summed E-state index contributed by atoms with van der Waals surface area (Å²) in [5, 5.41) is 91.0. The molecule has 11 N–H and O–H groups in total. The molecule has 1 amide bonds.